The Morgan fingerprint density at radius 1 is 1.32 bits per heavy atom. The predicted molar refractivity (Wildman–Crippen MR) is 95.1 cm³/mol. The summed E-state index contributed by atoms with van der Waals surface area (Å²) in [7, 11) is 0. The number of amides is 1. The van der Waals surface area contributed by atoms with Crippen molar-refractivity contribution in [2.45, 2.75) is 39.7 Å². The summed E-state index contributed by atoms with van der Waals surface area (Å²) >= 11 is 3.44. The number of hydrogen-bond acceptors (Lipinski definition) is 2. The second kappa shape index (κ2) is 8.11. The zero-order valence-corrected chi connectivity index (χ0v) is 15.4. The van der Waals surface area contributed by atoms with E-state index in [0.29, 0.717) is 24.1 Å². The summed E-state index contributed by atoms with van der Waals surface area (Å²) in [4.78, 5) is 14.9. The van der Waals surface area contributed by atoms with E-state index in [2.05, 4.69) is 46.9 Å². The van der Waals surface area contributed by atoms with Gasteiger partial charge in [-0.15, -0.1) is 0 Å². The molecule has 1 amide bonds. The van der Waals surface area contributed by atoms with Crippen LogP contribution in [0.25, 0.3) is 0 Å². The third kappa shape index (κ3) is 4.56. The lowest BCUT2D eigenvalue weighted by Crippen LogP contribution is -2.49. The van der Waals surface area contributed by atoms with Crippen LogP contribution >= 0.6 is 15.9 Å². The molecule has 0 aliphatic carbocycles. The van der Waals surface area contributed by atoms with Gasteiger partial charge in [0, 0.05) is 17.1 Å². The van der Waals surface area contributed by atoms with Gasteiger partial charge in [-0.2, -0.15) is 0 Å². The van der Waals surface area contributed by atoms with E-state index in [9.17, 15) is 4.79 Å². The lowest BCUT2D eigenvalue weighted by atomic mass is 9.94. The molecule has 122 valence electrons. The highest BCUT2D eigenvalue weighted by molar-refractivity contribution is 9.10. The highest BCUT2D eigenvalue weighted by Gasteiger charge is 2.26. The van der Waals surface area contributed by atoms with Crippen molar-refractivity contribution >= 4 is 21.8 Å². The molecule has 1 saturated heterocycles. The smallest absolute Gasteiger partial charge is 0.252 e. The zero-order valence-electron chi connectivity index (χ0n) is 13.8. The van der Waals surface area contributed by atoms with Crippen molar-refractivity contribution in [3.05, 3.63) is 34.3 Å². The number of hydrogen-bond donors (Lipinski definition) is 1. The third-order valence-electron chi connectivity index (χ3n) is 4.65. The number of nitrogens with one attached hydrogen (secondary N) is 1. The molecule has 0 bridgehead atoms. The van der Waals surface area contributed by atoms with Crippen LogP contribution in [-0.2, 0) is 0 Å². The maximum absolute atomic E-state index is 12.4. The van der Waals surface area contributed by atoms with Crippen LogP contribution in [0.3, 0.4) is 0 Å². The van der Waals surface area contributed by atoms with E-state index >= 15 is 0 Å². The van der Waals surface area contributed by atoms with Crippen molar-refractivity contribution in [2.24, 2.45) is 11.8 Å². The first-order chi connectivity index (χ1) is 10.5. The van der Waals surface area contributed by atoms with Crippen LogP contribution in [0.5, 0.6) is 0 Å². The Bertz CT molecular complexity index is 496. The van der Waals surface area contributed by atoms with Gasteiger partial charge in [-0.05, 0) is 65.8 Å². The number of nitrogens with zero attached hydrogens (tertiary/aromatic N) is 1. The number of likely N-dealkylation sites (tertiary alicyclic amines) is 1. The topological polar surface area (TPSA) is 32.3 Å². The van der Waals surface area contributed by atoms with Crippen LogP contribution in [0.4, 0.5) is 0 Å². The quantitative estimate of drug-likeness (QED) is 0.855. The summed E-state index contributed by atoms with van der Waals surface area (Å²) in [6.45, 7) is 9.83. The summed E-state index contributed by atoms with van der Waals surface area (Å²) in [6, 6.07) is 7.99. The molecule has 1 aromatic carbocycles. The first-order valence-corrected chi connectivity index (χ1v) is 9.05. The van der Waals surface area contributed by atoms with E-state index in [1.165, 1.54) is 12.8 Å². The number of carbonyl (C=O) groups is 1. The van der Waals surface area contributed by atoms with E-state index in [1.807, 2.05) is 24.3 Å². The second-order valence-corrected chi connectivity index (χ2v) is 7.57. The van der Waals surface area contributed by atoms with E-state index in [1.54, 1.807) is 0 Å². The third-order valence-corrected chi connectivity index (χ3v) is 5.34. The van der Waals surface area contributed by atoms with Crippen LogP contribution in [0.1, 0.15) is 44.0 Å². The lowest BCUT2D eigenvalue weighted by molar-refractivity contribution is 0.0862. The van der Waals surface area contributed by atoms with Crippen molar-refractivity contribution in [1.29, 1.82) is 0 Å². The van der Waals surface area contributed by atoms with E-state index in [-0.39, 0.29) is 5.91 Å². The highest BCUT2D eigenvalue weighted by Crippen LogP contribution is 2.21. The van der Waals surface area contributed by atoms with Crippen LogP contribution in [0, 0.1) is 11.8 Å². The van der Waals surface area contributed by atoms with Gasteiger partial charge in [0.25, 0.3) is 5.91 Å². The summed E-state index contributed by atoms with van der Waals surface area (Å²) in [6.07, 6.45) is 2.53. The van der Waals surface area contributed by atoms with Crippen molar-refractivity contribution in [2.75, 3.05) is 19.6 Å². The lowest BCUT2D eigenvalue weighted by Gasteiger charge is -2.38. The van der Waals surface area contributed by atoms with E-state index < -0.39 is 0 Å². The zero-order chi connectivity index (χ0) is 16.1. The molecule has 22 heavy (non-hydrogen) atoms. The van der Waals surface area contributed by atoms with Gasteiger partial charge in [-0.3, -0.25) is 9.69 Å². The average Bonchev–Trinajstić information content (AvgIpc) is 2.49. The minimum atomic E-state index is 0.00324. The highest BCUT2D eigenvalue weighted by atomic mass is 79.9. The minimum absolute atomic E-state index is 0.00324. The number of rotatable bonds is 5. The maximum Gasteiger partial charge on any atom is 0.252 e. The Morgan fingerprint density at radius 2 is 1.95 bits per heavy atom. The first kappa shape index (κ1) is 17.5. The monoisotopic (exact) mass is 366 g/mol. The number of piperidine rings is 1. The van der Waals surface area contributed by atoms with Gasteiger partial charge in [-0.1, -0.05) is 32.9 Å². The molecular formula is C18H27BrN2O. The largest absolute Gasteiger partial charge is 0.350 e. The Hall–Kier alpha value is -0.870. The Morgan fingerprint density at radius 3 is 2.55 bits per heavy atom. The second-order valence-electron chi connectivity index (χ2n) is 6.72. The number of benzene rings is 1. The van der Waals surface area contributed by atoms with Crippen molar-refractivity contribution in [3.63, 3.8) is 0 Å². The first-order valence-electron chi connectivity index (χ1n) is 8.25. The predicted octanol–water partition coefficient (Wildman–Crippen LogP) is 3.94. The van der Waals surface area contributed by atoms with E-state index in [0.717, 1.165) is 23.5 Å². The fraction of sp³-hybridized carbons (Fsp3) is 0.611. The SMILES string of the molecule is CC1CCN(C(CNC(=O)c2ccccc2Br)C(C)C)CC1. The fourth-order valence-electron chi connectivity index (χ4n) is 3.08. The molecule has 1 aromatic rings. The molecule has 4 heteroatoms. The molecule has 1 atom stereocenters. The van der Waals surface area contributed by atoms with Crippen LogP contribution in [0.15, 0.2) is 28.7 Å². The molecule has 3 nitrogen and oxygen atoms in total. The van der Waals surface area contributed by atoms with Crippen molar-refractivity contribution in [1.82, 2.24) is 10.2 Å². The molecule has 0 saturated carbocycles. The normalized spacial score (nSPS) is 18.4. The molecule has 0 aromatic heterocycles. The van der Waals surface area contributed by atoms with Crippen molar-refractivity contribution < 1.29 is 4.79 Å². The van der Waals surface area contributed by atoms with Gasteiger partial charge in [-0.25, -0.2) is 0 Å². The molecule has 0 spiro atoms. The van der Waals surface area contributed by atoms with Gasteiger partial charge in [0.15, 0.2) is 0 Å². The maximum atomic E-state index is 12.4. The molecule has 1 unspecified atom stereocenters. The summed E-state index contributed by atoms with van der Waals surface area (Å²) in [5.74, 6) is 1.37. The van der Waals surface area contributed by atoms with Gasteiger partial charge in [0.1, 0.15) is 0 Å². The number of halogens is 1. The molecule has 2 rings (SSSR count). The Balaban J connectivity index is 1.94. The van der Waals surface area contributed by atoms with Crippen molar-refractivity contribution in [3.8, 4) is 0 Å². The standard InChI is InChI=1S/C18H27BrN2O/c1-13(2)17(21-10-8-14(3)9-11-21)12-20-18(22)15-6-4-5-7-16(15)19/h4-7,13-14,17H,8-12H2,1-3H3,(H,20,22). The fourth-order valence-corrected chi connectivity index (χ4v) is 3.55. The Labute approximate surface area is 142 Å². The summed E-state index contributed by atoms with van der Waals surface area (Å²) in [5, 5.41) is 3.12. The molecule has 1 aliphatic rings. The Kier molecular flexibility index (Phi) is 6.45. The summed E-state index contributed by atoms with van der Waals surface area (Å²) < 4.78 is 0.848. The average molecular weight is 367 g/mol. The molecule has 1 heterocycles. The molecule has 0 radical (unpaired) electrons. The molecule has 1 N–H and O–H groups in total. The minimum Gasteiger partial charge on any atom is -0.350 e. The molecule has 1 fully saturated rings. The van der Waals surface area contributed by atoms with Gasteiger partial charge in [0.05, 0.1) is 5.56 Å². The van der Waals surface area contributed by atoms with Gasteiger partial charge < -0.3 is 5.32 Å². The molecule has 1 aliphatic heterocycles. The van der Waals surface area contributed by atoms with Crippen LogP contribution < -0.4 is 5.32 Å². The summed E-state index contributed by atoms with van der Waals surface area (Å²) in [5.41, 5.74) is 0.706. The molecular weight excluding hydrogens is 340 g/mol. The number of carbonyl (C=O) groups excluding carboxylic acids is 1. The van der Waals surface area contributed by atoms with Gasteiger partial charge >= 0.3 is 0 Å². The van der Waals surface area contributed by atoms with E-state index in [4.69, 9.17) is 0 Å². The van der Waals surface area contributed by atoms with Gasteiger partial charge in [0.2, 0.25) is 0 Å². The van der Waals surface area contributed by atoms with Crippen LogP contribution in [-0.4, -0.2) is 36.5 Å². The van der Waals surface area contributed by atoms with Crippen LogP contribution in [0.2, 0.25) is 0 Å².